The maximum Gasteiger partial charge on any atom is 0.454 e. The van der Waals surface area contributed by atoms with Crippen LogP contribution >= 0.6 is 0 Å². The molecule has 0 aliphatic carbocycles. The van der Waals surface area contributed by atoms with Crippen molar-refractivity contribution in [2.75, 3.05) is 0 Å². The number of alkyl halides is 3. The number of carbonyl (C=O) groups is 1. The Morgan fingerprint density at radius 1 is 1.11 bits per heavy atom. The van der Waals surface area contributed by atoms with Crippen molar-refractivity contribution in [2.45, 2.75) is 38.3 Å². The molecule has 5 nitrogen and oxygen atoms in total. The van der Waals surface area contributed by atoms with E-state index in [1.54, 1.807) is 29.4 Å². The predicted octanol–water partition coefficient (Wildman–Crippen LogP) is 3.20. The van der Waals surface area contributed by atoms with Crippen molar-refractivity contribution >= 4 is 5.78 Å². The van der Waals surface area contributed by atoms with Crippen LogP contribution in [0.5, 0.6) is 0 Å². The highest BCUT2D eigenvalue weighted by atomic mass is 19.4. The van der Waals surface area contributed by atoms with E-state index in [4.69, 9.17) is 0 Å². The van der Waals surface area contributed by atoms with Crippen molar-refractivity contribution in [3.63, 3.8) is 0 Å². The Morgan fingerprint density at radius 2 is 1.78 bits per heavy atom. The van der Waals surface area contributed by atoms with Gasteiger partial charge in [0.2, 0.25) is 0 Å². The van der Waals surface area contributed by atoms with Crippen LogP contribution in [0.3, 0.4) is 0 Å². The first-order valence-corrected chi connectivity index (χ1v) is 8.54. The van der Waals surface area contributed by atoms with E-state index in [1.165, 1.54) is 6.20 Å². The molecule has 0 bridgehead atoms. The van der Waals surface area contributed by atoms with Gasteiger partial charge in [0.15, 0.2) is 0 Å². The maximum absolute atomic E-state index is 12.8. The van der Waals surface area contributed by atoms with Gasteiger partial charge in [-0.15, -0.1) is 0 Å². The molecule has 3 rings (SSSR count). The van der Waals surface area contributed by atoms with Gasteiger partial charge in [0, 0.05) is 30.7 Å². The van der Waals surface area contributed by atoms with Crippen molar-refractivity contribution in [3.8, 4) is 0 Å². The van der Waals surface area contributed by atoms with Crippen LogP contribution in [-0.2, 0) is 17.9 Å². The lowest BCUT2D eigenvalue weighted by Crippen LogP contribution is -2.45. The molecule has 1 unspecified atom stereocenters. The lowest BCUT2D eigenvalue weighted by Gasteiger charge is -2.35. The van der Waals surface area contributed by atoms with Gasteiger partial charge in [0.25, 0.3) is 5.78 Å². The van der Waals surface area contributed by atoms with Gasteiger partial charge in [0.05, 0.1) is 24.1 Å². The van der Waals surface area contributed by atoms with E-state index in [0.29, 0.717) is 25.2 Å². The minimum Gasteiger partial charge on any atom is -0.356 e. The number of Topliss-reactive ketones (excluding diaryl/α,β-unsaturated/α-hetero) is 1. The fourth-order valence-electron chi connectivity index (χ4n) is 2.95. The number of nitrogens with zero attached hydrogens (tertiary/aromatic N) is 3. The van der Waals surface area contributed by atoms with E-state index in [9.17, 15) is 18.0 Å². The highest BCUT2D eigenvalue weighted by molar-refractivity contribution is 5.99. The van der Waals surface area contributed by atoms with E-state index < -0.39 is 12.0 Å². The molecule has 0 saturated heterocycles. The topological polar surface area (TPSA) is 58.1 Å². The number of pyridine rings is 2. The Kier molecular flexibility index (Phi) is 5.85. The average Bonchev–Trinajstić information content (AvgIpc) is 2.67. The summed E-state index contributed by atoms with van der Waals surface area (Å²) in [7, 11) is 0. The molecule has 2 aromatic rings. The molecular formula is C19H19F3N4O. The lowest BCUT2D eigenvalue weighted by atomic mass is 10.0. The Morgan fingerprint density at radius 3 is 2.37 bits per heavy atom. The van der Waals surface area contributed by atoms with Crippen LogP contribution in [0.15, 0.2) is 60.6 Å². The highest BCUT2D eigenvalue weighted by Crippen LogP contribution is 2.28. The molecule has 0 saturated carbocycles. The van der Waals surface area contributed by atoms with Crippen molar-refractivity contribution in [2.24, 2.45) is 0 Å². The molecule has 0 fully saturated rings. The summed E-state index contributed by atoms with van der Waals surface area (Å²) in [6, 6.07) is 10.9. The summed E-state index contributed by atoms with van der Waals surface area (Å²) in [5.74, 6) is -1.78. The number of halogens is 3. The van der Waals surface area contributed by atoms with E-state index in [1.807, 2.05) is 24.3 Å². The number of hydrogen-bond donors (Lipinski definition) is 1. The second-order valence-electron chi connectivity index (χ2n) is 6.23. The van der Waals surface area contributed by atoms with Gasteiger partial charge < -0.3 is 4.90 Å². The first-order valence-electron chi connectivity index (χ1n) is 8.54. The van der Waals surface area contributed by atoms with Gasteiger partial charge in [0.1, 0.15) is 0 Å². The van der Waals surface area contributed by atoms with Crippen LogP contribution in [0.25, 0.3) is 0 Å². The fraction of sp³-hybridized carbons (Fsp3) is 0.316. The summed E-state index contributed by atoms with van der Waals surface area (Å²) >= 11 is 0. The maximum atomic E-state index is 12.8. The normalized spacial score (nSPS) is 17.5. The van der Waals surface area contributed by atoms with Crippen LogP contribution in [0.4, 0.5) is 13.2 Å². The van der Waals surface area contributed by atoms with E-state index in [2.05, 4.69) is 15.3 Å². The quantitative estimate of drug-likeness (QED) is 0.839. The summed E-state index contributed by atoms with van der Waals surface area (Å²) in [6.07, 6.45) is -0.0192. The zero-order valence-electron chi connectivity index (χ0n) is 14.5. The third-order valence-corrected chi connectivity index (χ3v) is 4.27. The average molecular weight is 376 g/mol. The van der Waals surface area contributed by atoms with Crippen LogP contribution in [-0.4, -0.2) is 33.0 Å². The second-order valence-corrected chi connectivity index (χ2v) is 6.23. The molecule has 2 aromatic heterocycles. The van der Waals surface area contributed by atoms with Gasteiger partial charge in [-0.05, 0) is 37.1 Å². The number of ketones is 1. The van der Waals surface area contributed by atoms with E-state index in [-0.39, 0.29) is 18.2 Å². The Labute approximate surface area is 154 Å². The number of hydrogen-bond acceptors (Lipinski definition) is 5. The van der Waals surface area contributed by atoms with Gasteiger partial charge in [-0.25, -0.2) is 0 Å². The van der Waals surface area contributed by atoms with Gasteiger partial charge in [-0.1, -0.05) is 12.1 Å². The SMILES string of the molecule is O=C(C1=CN(Cc2ccccn2)C(NCc2ccccn2)CC1)C(F)(F)F. The van der Waals surface area contributed by atoms with Crippen molar-refractivity contribution in [1.29, 1.82) is 0 Å². The third kappa shape index (κ3) is 5.13. The molecular weight excluding hydrogens is 357 g/mol. The van der Waals surface area contributed by atoms with Crippen molar-refractivity contribution in [1.82, 2.24) is 20.2 Å². The molecule has 142 valence electrons. The van der Waals surface area contributed by atoms with Gasteiger partial charge >= 0.3 is 6.18 Å². The van der Waals surface area contributed by atoms with Crippen molar-refractivity contribution in [3.05, 3.63) is 72.0 Å². The predicted molar refractivity (Wildman–Crippen MR) is 93.0 cm³/mol. The number of nitrogens with one attached hydrogen (secondary N) is 1. The highest BCUT2D eigenvalue weighted by Gasteiger charge is 2.42. The number of carbonyl (C=O) groups excluding carboxylic acids is 1. The molecule has 1 aliphatic heterocycles. The summed E-state index contributed by atoms with van der Waals surface area (Å²) in [5, 5.41) is 3.30. The van der Waals surface area contributed by atoms with Crippen LogP contribution < -0.4 is 5.32 Å². The standard InChI is InChI=1S/C19H19F3N4O/c20-19(21,22)18(27)14-7-8-17(25-11-15-5-1-3-9-23-15)26(12-14)13-16-6-2-4-10-24-16/h1-6,9-10,12,17,25H,7-8,11,13H2. The molecule has 0 spiro atoms. The Hall–Kier alpha value is -2.74. The largest absolute Gasteiger partial charge is 0.454 e. The zero-order chi connectivity index (χ0) is 19.3. The minimum atomic E-state index is -4.86. The van der Waals surface area contributed by atoms with E-state index >= 15 is 0 Å². The molecule has 3 heterocycles. The van der Waals surface area contributed by atoms with Gasteiger partial charge in [-0.3, -0.25) is 20.1 Å². The minimum absolute atomic E-state index is 0.0664. The molecule has 0 aromatic carbocycles. The molecule has 0 radical (unpaired) electrons. The molecule has 1 atom stereocenters. The van der Waals surface area contributed by atoms with Crippen LogP contribution in [0.1, 0.15) is 24.2 Å². The molecule has 1 aliphatic rings. The third-order valence-electron chi connectivity index (χ3n) is 4.27. The molecule has 8 heteroatoms. The zero-order valence-corrected chi connectivity index (χ0v) is 14.5. The summed E-state index contributed by atoms with van der Waals surface area (Å²) in [6.45, 7) is 0.774. The van der Waals surface area contributed by atoms with Crippen LogP contribution in [0, 0.1) is 0 Å². The smallest absolute Gasteiger partial charge is 0.356 e. The number of allylic oxidation sites excluding steroid dienone is 1. The van der Waals surface area contributed by atoms with E-state index in [0.717, 1.165) is 5.69 Å². The first-order chi connectivity index (χ1) is 12.9. The summed E-state index contributed by atoms with van der Waals surface area (Å²) in [4.78, 5) is 21.8. The Balaban J connectivity index is 1.77. The molecule has 27 heavy (non-hydrogen) atoms. The van der Waals surface area contributed by atoms with Crippen molar-refractivity contribution < 1.29 is 18.0 Å². The number of rotatable bonds is 6. The van der Waals surface area contributed by atoms with Crippen LogP contribution in [0.2, 0.25) is 0 Å². The summed E-state index contributed by atoms with van der Waals surface area (Å²) in [5.41, 5.74) is 1.31. The lowest BCUT2D eigenvalue weighted by molar-refractivity contribution is -0.167. The number of aromatic nitrogens is 2. The molecule has 0 amide bonds. The monoisotopic (exact) mass is 376 g/mol. The summed E-state index contributed by atoms with van der Waals surface area (Å²) < 4.78 is 38.4. The Bertz CT molecular complexity index is 794. The first kappa shape index (κ1) is 19.0. The fourth-order valence-corrected chi connectivity index (χ4v) is 2.95. The van der Waals surface area contributed by atoms with Gasteiger partial charge in [-0.2, -0.15) is 13.2 Å². The molecule has 1 N–H and O–H groups in total. The second kappa shape index (κ2) is 8.30.